The minimum Gasteiger partial charge on any atom is -0.325 e. The smallest absolute Gasteiger partial charge is 0.107 e. The molecular formula is C15H20N2S. The lowest BCUT2D eigenvalue weighted by Gasteiger charge is -2.11. The number of thiazole rings is 1. The molecule has 1 aromatic carbocycles. The second-order valence-corrected chi connectivity index (χ2v) is 6.02. The molecule has 96 valence electrons. The molecule has 0 aliphatic rings. The lowest BCUT2D eigenvalue weighted by molar-refractivity contribution is 0.848. The van der Waals surface area contributed by atoms with Crippen LogP contribution in [0.3, 0.4) is 0 Å². The van der Waals surface area contributed by atoms with Crippen molar-refractivity contribution in [2.24, 2.45) is 5.73 Å². The van der Waals surface area contributed by atoms with Crippen molar-refractivity contribution in [3.63, 3.8) is 0 Å². The third-order valence-electron chi connectivity index (χ3n) is 3.14. The topological polar surface area (TPSA) is 38.9 Å². The molecule has 0 aliphatic carbocycles. The maximum atomic E-state index is 5.65. The van der Waals surface area contributed by atoms with Crippen molar-refractivity contribution in [1.29, 1.82) is 0 Å². The molecule has 0 bridgehead atoms. The summed E-state index contributed by atoms with van der Waals surface area (Å²) in [6.45, 7) is 7.09. The van der Waals surface area contributed by atoms with Crippen molar-refractivity contribution in [3.05, 3.63) is 51.0 Å². The van der Waals surface area contributed by atoms with Crippen LogP contribution in [-0.4, -0.2) is 4.98 Å². The zero-order valence-electron chi connectivity index (χ0n) is 11.2. The number of aryl methyl sites for hydroxylation is 1. The summed E-state index contributed by atoms with van der Waals surface area (Å²) in [4.78, 5) is 5.83. The summed E-state index contributed by atoms with van der Waals surface area (Å²) >= 11 is 1.74. The molecule has 0 atom stereocenters. The first-order valence-electron chi connectivity index (χ1n) is 6.35. The fourth-order valence-corrected chi connectivity index (χ4v) is 3.14. The number of aromatic nitrogens is 1. The molecule has 0 aliphatic heterocycles. The summed E-state index contributed by atoms with van der Waals surface area (Å²) in [5, 5.41) is 1.03. The van der Waals surface area contributed by atoms with E-state index in [4.69, 9.17) is 5.73 Å². The summed E-state index contributed by atoms with van der Waals surface area (Å²) in [7, 11) is 0. The van der Waals surface area contributed by atoms with E-state index in [0.717, 1.165) is 17.1 Å². The lowest BCUT2D eigenvalue weighted by atomic mass is 9.95. The molecule has 2 N–H and O–H groups in total. The molecule has 1 aromatic heterocycles. The highest BCUT2D eigenvalue weighted by atomic mass is 32.1. The van der Waals surface area contributed by atoms with E-state index < -0.39 is 0 Å². The molecular weight excluding hydrogens is 240 g/mol. The molecule has 3 heteroatoms. The van der Waals surface area contributed by atoms with E-state index in [1.165, 1.54) is 16.0 Å². The van der Waals surface area contributed by atoms with E-state index in [1.807, 2.05) is 0 Å². The van der Waals surface area contributed by atoms with Gasteiger partial charge in [-0.05, 0) is 24.0 Å². The van der Waals surface area contributed by atoms with Crippen molar-refractivity contribution in [3.8, 4) is 0 Å². The number of nitrogens with two attached hydrogens (primary N) is 1. The second-order valence-electron chi connectivity index (χ2n) is 4.85. The van der Waals surface area contributed by atoms with Gasteiger partial charge in [0.05, 0.1) is 5.69 Å². The van der Waals surface area contributed by atoms with E-state index in [0.29, 0.717) is 12.5 Å². The Hall–Kier alpha value is -1.19. The number of nitrogens with zero attached hydrogens (tertiary/aromatic N) is 1. The number of rotatable bonds is 4. The summed E-state index contributed by atoms with van der Waals surface area (Å²) in [5.74, 6) is 0.559. The average molecular weight is 260 g/mol. The van der Waals surface area contributed by atoms with Gasteiger partial charge in [0.2, 0.25) is 0 Å². The Balaban J connectivity index is 2.30. The molecule has 0 radical (unpaired) electrons. The van der Waals surface area contributed by atoms with Crippen LogP contribution in [0.2, 0.25) is 0 Å². The summed E-state index contributed by atoms with van der Waals surface area (Å²) < 4.78 is 0. The van der Waals surface area contributed by atoms with Gasteiger partial charge in [-0.2, -0.15) is 0 Å². The highest BCUT2D eigenvalue weighted by molar-refractivity contribution is 7.11. The minimum absolute atomic E-state index is 0.539. The van der Waals surface area contributed by atoms with Crippen LogP contribution < -0.4 is 5.73 Å². The van der Waals surface area contributed by atoms with Gasteiger partial charge in [0, 0.05) is 17.8 Å². The highest BCUT2D eigenvalue weighted by Gasteiger charge is 2.11. The van der Waals surface area contributed by atoms with Crippen LogP contribution in [-0.2, 0) is 13.0 Å². The molecule has 2 aromatic rings. The van der Waals surface area contributed by atoms with Gasteiger partial charge in [-0.25, -0.2) is 4.98 Å². The van der Waals surface area contributed by atoms with Crippen molar-refractivity contribution in [1.82, 2.24) is 4.98 Å². The quantitative estimate of drug-likeness (QED) is 0.911. The fourth-order valence-electron chi connectivity index (χ4n) is 2.17. The zero-order valence-corrected chi connectivity index (χ0v) is 12.1. The third-order valence-corrected chi connectivity index (χ3v) is 4.32. The first-order chi connectivity index (χ1) is 8.61. The van der Waals surface area contributed by atoms with Gasteiger partial charge in [0.25, 0.3) is 0 Å². The van der Waals surface area contributed by atoms with Gasteiger partial charge in [-0.3, -0.25) is 0 Å². The van der Waals surface area contributed by atoms with Crippen molar-refractivity contribution in [2.45, 2.75) is 39.7 Å². The summed E-state index contributed by atoms with van der Waals surface area (Å²) in [6, 6.07) is 8.67. The van der Waals surface area contributed by atoms with Crippen molar-refractivity contribution < 1.29 is 0 Å². The van der Waals surface area contributed by atoms with E-state index in [-0.39, 0.29) is 0 Å². The molecule has 0 saturated heterocycles. The average Bonchev–Trinajstić information content (AvgIpc) is 2.71. The SMILES string of the molecule is Cc1nc(CN)sc1Cc1ccccc1C(C)C. The van der Waals surface area contributed by atoms with Crippen molar-refractivity contribution in [2.75, 3.05) is 0 Å². The zero-order chi connectivity index (χ0) is 13.1. The minimum atomic E-state index is 0.539. The number of benzene rings is 1. The van der Waals surface area contributed by atoms with Crippen LogP contribution in [0.25, 0.3) is 0 Å². The molecule has 2 nitrogen and oxygen atoms in total. The Kier molecular flexibility index (Phi) is 4.15. The Labute approximate surface area is 113 Å². The Morgan fingerprint density at radius 1 is 1.28 bits per heavy atom. The normalized spacial score (nSPS) is 11.2. The van der Waals surface area contributed by atoms with Crippen LogP contribution in [0.1, 0.15) is 46.5 Å². The van der Waals surface area contributed by atoms with Gasteiger partial charge in [-0.15, -0.1) is 11.3 Å². The predicted octanol–water partition coefficient (Wildman–Crippen LogP) is 3.62. The van der Waals surface area contributed by atoms with E-state index in [2.05, 4.69) is 50.0 Å². The highest BCUT2D eigenvalue weighted by Crippen LogP contribution is 2.26. The Morgan fingerprint density at radius 3 is 2.61 bits per heavy atom. The van der Waals surface area contributed by atoms with Gasteiger partial charge >= 0.3 is 0 Å². The monoisotopic (exact) mass is 260 g/mol. The van der Waals surface area contributed by atoms with Gasteiger partial charge in [0.1, 0.15) is 5.01 Å². The molecule has 0 amide bonds. The fraction of sp³-hybridized carbons (Fsp3) is 0.400. The maximum Gasteiger partial charge on any atom is 0.107 e. The lowest BCUT2D eigenvalue weighted by Crippen LogP contribution is -1.97. The van der Waals surface area contributed by atoms with Crippen molar-refractivity contribution >= 4 is 11.3 Å². The largest absolute Gasteiger partial charge is 0.325 e. The van der Waals surface area contributed by atoms with Crippen LogP contribution >= 0.6 is 11.3 Å². The summed E-state index contributed by atoms with van der Waals surface area (Å²) in [5.41, 5.74) is 9.61. The second kappa shape index (κ2) is 5.63. The Morgan fingerprint density at radius 2 is 2.00 bits per heavy atom. The molecule has 2 rings (SSSR count). The third kappa shape index (κ3) is 2.79. The van der Waals surface area contributed by atoms with E-state index in [9.17, 15) is 0 Å². The van der Waals surface area contributed by atoms with E-state index in [1.54, 1.807) is 11.3 Å². The molecule has 18 heavy (non-hydrogen) atoms. The molecule has 0 saturated carbocycles. The van der Waals surface area contributed by atoms with E-state index >= 15 is 0 Å². The molecule has 0 spiro atoms. The Bertz CT molecular complexity index is 529. The van der Waals surface area contributed by atoms with Gasteiger partial charge in [0.15, 0.2) is 0 Å². The first kappa shape index (κ1) is 13.2. The number of hydrogen-bond donors (Lipinski definition) is 1. The van der Waals surface area contributed by atoms with Gasteiger partial charge in [-0.1, -0.05) is 38.1 Å². The van der Waals surface area contributed by atoms with Crippen LogP contribution in [0, 0.1) is 6.92 Å². The standard InChI is InChI=1S/C15H20N2S/c1-10(2)13-7-5-4-6-12(13)8-14-11(3)17-15(9-16)18-14/h4-7,10H,8-9,16H2,1-3H3. The molecule has 0 unspecified atom stereocenters. The predicted molar refractivity (Wildman–Crippen MR) is 78.1 cm³/mol. The summed E-state index contributed by atoms with van der Waals surface area (Å²) in [6.07, 6.45) is 0.970. The first-order valence-corrected chi connectivity index (χ1v) is 7.16. The number of hydrogen-bond acceptors (Lipinski definition) is 3. The van der Waals surface area contributed by atoms with Crippen LogP contribution in [0.15, 0.2) is 24.3 Å². The van der Waals surface area contributed by atoms with Crippen LogP contribution in [0.5, 0.6) is 0 Å². The maximum absolute atomic E-state index is 5.65. The molecule has 0 fully saturated rings. The van der Waals surface area contributed by atoms with Crippen LogP contribution in [0.4, 0.5) is 0 Å². The molecule has 1 heterocycles. The van der Waals surface area contributed by atoms with Gasteiger partial charge < -0.3 is 5.73 Å².